The number of carbonyl (C=O) groups is 1. The number of hydrogen-bond donors (Lipinski definition) is 2. The maximum absolute atomic E-state index is 13.7. The minimum Gasteiger partial charge on any atom is -0.435 e. The first-order chi connectivity index (χ1) is 10.2. The Bertz CT molecular complexity index is 510. The predicted octanol–water partition coefficient (Wildman–Crippen LogP) is 2.85. The summed E-state index contributed by atoms with van der Waals surface area (Å²) in [6.07, 6.45) is 0.686. The van der Waals surface area contributed by atoms with Crippen LogP contribution in [0.3, 0.4) is 0 Å². The quantitative estimate of drug-likeness (QED) is 0.759. The normalized spacial score (nSPS) is 11.6. The highest BCUT2D eigenvalue weighted by Gasteiger charge is 2.25. The summed E-state index contributed by atoms with van der Waals surface area (Å²) >= 11 is 0. The lowest BCUT2D eigenvalue weighted by Crippen LogP contribution is -2.42. The van der Waals surface area contributed by atoms with Crippen LogP contribution in [0.5, 0.6) is 5.75 Å². The fraction of sp³-hybridized carbons (Fsp3) is 0.500. The summed E-state index contributed by atoms with van der Waals surface area (Å²) in [5, 5.41) is 12.2. The number of hydrogen-bond acceptors (Lipinski definition) is 3. The second-order valence-electron chi connectivity index (χ2n) is 4.75. The van der Waals surface area contributed by atoms with Gasteiger partial charge in [-0.25, -0.2) is 8.78 Å². The zero-order valence-electron chi connectivity index (χ0n) is 12.1. The third-order valence-corrected chi connectivity index (χ3v) is 3.36. The standard InChI is InChI=1S/C14H17F4NO3/c1-3-14(21,4-2)7-19-12(20)11-9(15)5-8(6-10(11)16)22-13(17)18/h5-6,13,21H,3-4,7H2,1-2H3,(H,19,20). The Kier molecular flexibility index (Phi) is 6.16. The van der Waals surface area contributed by atoms with Crippen LogP contribution in [0.4, 0.5) is 17.6 Å². The van der Waals surface area contributed by atoms with Gasteiger partial charge >= 0.3 is 6.61 Å². The zero-order chi connectivity index (χ0) is 16.9. The van der Waals surface area contributed by atoms with E-state index in [0.29, 0.717) is 25.0 Å². The number of aliphatic hydroxyl groups is 1. The molecular formula is C14H17F4NO3. The molecule has 1 aromatic rings. The zero-order valence-corrected chi connectivity index (χ0v) is 12.1. The molecule has 0 saturated heterocycles. The van der Waals surface area contributed by atoms with Gasteiger partial charge in [0.1, 0.15) is 22.9 Å². The van der Waals surface area contributed by atoms with Crippen molar-refractivity contribution in [2.75, 3.05) is 6.54 Å². The van der Waals surface area contributed by atoms with Gasteiger partial charge < -0.3 is 15.2 Å². The van der Waals surface area contributed by atoms with E-state index in [1.807, 2.05) is 0 Å². The second kappa shape index (κ2) is 7.44. The third kappa shape index (κ3) is 4.59. The summed E-state index contributed by atoms with van der Waals surface area (Å²) < 4.78 is 55.3. The van der Waals surface area contributed by atoms with Gasteiger partial charge in [0.05, 0.1) is 5.60 Å². The lowest BCUT2D eigenvalue weighted by Gasteiger charge is -2.25. The number of benzene rings is 1. The highest BCUT2D eigenvalue weighted by atomic mass is 19.3. The number of rotatable bonds is 7. The van der Waals surface area contributed by atoms with Gasteiger partial charge in [0.2, 0.25) is 0 Å². The van der Waals surface area contributed by atoms with Crippen molar-refractivity contribution < 1.29 is 32.2 Å². The maximum Gasteiger partial charge on any atom is 0.387 e. The first kappa shape index (κ1) is 18.2. The van der Waals surface area contributed by atoms with Gasteiger partial charge in [-0.15, -0.1) is 0 Å². The van der Waals surface area contributed by atoms with Crippen LogP contribution >= 0.6 is 0 Å². The van der Waals surface area contributed by atoms with E-state index in [0.717, 1.165) is 0 Å². The van der Waals surface area contributed by atoms with Gasteiger partial charge in [-0.3, -0.25) is 4.79 Å². The maximum atomic E-state index is 13.7. The van der Waals surface area contributed by atoms with E-state index < -0.39 is 41.1 Å². The van der Waals surface area contributed by atoms with E-state index in [-0.39, 0.29) is 6.54 Å². The lowest BCUT2D eigenvalue weighted by atomic mass is 9.97. The molecule has 0 fully saturated rings. The Morgan fingerprint density at radius 1 is 1.27 bits per heavy atom. The van der Waals surface area contributed by atoms with Gasteiger partial charge in [-0.2, -0.15) is 8.78 Å². The van der Waals surface area contributed by atoms with Crippen molar-refractivity contribution in [3.8, 4) is 5.75 Å². The summed E-state index contributed by atoms with van der Waals surface area (Å²) in [5.41, 5.74) is -2.10. The molecule has 1 amide bonds. The molecule has 0 spiro atoms. The first-order valence-electron chi connectivity index (χ1n) is 6.67. The van der Waals surface area contributed by atoms with Crippen LogP contribution in [0.1, 0.15) is 37.0 Å². The summed E-state index contributed by atoms with van der Waals surface area (Å²) in [4.78, 5) is 11.8. The monoisotopic (exact) mass is 323 g/mol. The third-order valence-electron chi connectivity index (χ3n) is 3.36. The van der Waals surface area contributed by atoms with Crippen LogP contribution in [0.15, 0.2) is 12.1 Å². The largest absolute Gasteiger partial charge is 0.435 e. The molecule has 0 saturated carbocycles. The average Bonchev–Trinajstić information content (AvgIpc) is 2.43. The Labute approximate surface area is 125 Å². The van der Waals surface area contributed by atoms with E-state index in [1.165, 1.54) is 0 Å². The van der Waals surface area contributed by atoms with Gasteiger partial charge in [0, 0.05) is 18.7 Å². The number of alkyl halides is 2. The van der Waals surface area contributed by atoms with Crippen molar-refractivity contribution >= 4 is 5.91 Å². The lowest BCUT2D eigenvalue weighted by molar-refractivity contribution is -0.0501. The van der Waals surface area contributed by atoms with Crippen molar-refractivity contribution in [1.82, 2.24) is 5.32 Å². The van der Waals surface area contributed by atoms with Crippen molar-refractivity contribution in [2.45, 2.75) is 38.9 Å². The van der Waals surface area contributed by atoms with E-state index in [2.05, 4.69) is 10.1 Å². The van der Waals surface area contributed by atoms with Crippen LogP contribution in [-0.4, -0.2) is 29.8 Å². The molecule has 0 radical (unpaired) electrons. The minimum absolute atomic E-state index is 0.188. The molecule has 0 unspecified atom stereocenters. The van der Waals surface area contributed by atoms with Crippen LogP contribution in [0.2, 0.25) is 0 Å². The molecule has 4 nitrogen and oxygen atoms in total. The molecule has 0 aliphatic heterocycles. The summed E-state index contributed by atoms with van der Waals surface area (Å²) in [7, 11) is 0. The molecule has 0 aliphatic carbocycles. The molecule has 8 heteroatoms. The molecular weight excluding hydrogens is 306 g/mol. The number of carbonyl (C=O) groups excluding carboxylic acids is 1. The average molecular weight is 323 g/mol. The van der Waals surface area contributed by atoms with Crippen molar-refractivity contribution in [3.05, 3.63) is 29.3 Å². The van der Waals surface area contributed by atoms with E-state index >= 15 is 0 Å². The summed E-state index contributed by atoms with van der Waals surface area (Å²) in [5.74, 6) is -4.46. The van der Waals surface area contributed by atoms with E-state index in [1.54, 1.807) is 13.8 Å². The number of ether oxygens (including phenoxy) is 1. The van der Waals surface area contributed by atoms with Crippen LogP contribution in [0, 0.1) is 11.6 Å². The van der Waals surface area contributed by atoms with E-state index in [4.69, 9.17) is 0 Å². The van der Waals surface area contributed by atoms with Gasteiger partial charge in [-0.05, 0) is 12.8 Å². The van der Waals surface area contributed by atoms with Crippen LogP contribution in [-0.2, 0) is 0 Å². The number of halogens is 4. The smallest absolute Gasteiger partial charge is 0.387 e. The highest BCUT2D eigenvalue weighted by Crippen LogP contribution is 2.22. The van der Waals surface area contributed by atoms with Crippen molar-refractivity contribution in [1.29, 1.82) is 0 Å². The van der Waals surface area contributed by atoms with Crippen molar-refractivity contribution in [2.24, 2.45) is 0 Å². The molecule has 0 atom stereocenters. The van der Waals surface area contributed by atoms with Crippen LogP contribution < -0.4 is 10.1 Å². The fourth-order valence-electron chi connectivity index (χ4n) is 1.77. The van der Waals surface area contributed by atoms with Crippen LogP contribution in [0.25, 0.3) is 0 Å². The molecule has 22 heavy (non-hydrogen) atoms. The molecule has 1 aromatic carbocycles. The summed E-state index contributed by atoms with van der Waals surface area (Å²) in [6, 6.07) is 0.992. The predicted molar refractivity (Wildman–Crippen MR) is 70.9 cm³/mol. The topological polar surface area (TPSA) is 58.6 Å². The molecule has 0 aliphatic rings. The number of amides is 1. The van der Waals surface area contributed by atoms with E-state index in [9.17, 15) is 27.5 Å². The van der Waals surface area contributed by atoms with Gasteiger partial charge in [0.15, 0.2) is 0 Å². The molecule has 0 heterocycles. The fourth-order valence-corrected chi connectivity index (χ4v) is 1.77. The Morgan fingerprint density at radius 2 is 1.77 bits per heavy atom. The molecule has 0 bridgehead atoms. The number of nitrogens with one attached hydrogen (secondary N) is 1. The SMILES string of the molecule is CCC(O)(CC)CNC(=O)c1c(F)cc(OC(F)F)cc1F. The Hall–Kier alpha value is -1.83. The molecule has 0 aromatic heterocycles. The Balaban J connectivity index is 2.90. The summed E-state index contributed by atoms with van der Waals surface area (Å²) in [6.45, 7) is -0.0178. The highest BCUT2D eigenvalue weighted by molar-refractivity contribution is 5.95. The van der Waals surface area contributed by atoms with Gasteiger partial charge in [-0.1, -0.05) is 13.8 Å². The molecule has 124 valence electrons. The second-order valence-corrected chi connectivity index (χ2v) is 4.75. The molecule has 1 rings (SSSR count). The van der Waals surface area contributed by atoms with Crippen molar-refractivity contribution in [3.63, 3.8) is 0 Å². The minimum atomic E-state index is -3.23. The Morgan fingerprint density at radius 3 is 2.18 bits per heavy atom. The molecule has 2 N–H and O–H groups in total. The first-order valence-corrected chi connectivity index (χ1v) is 6.67. The van der Waals surface area contributed by atoms with Gasteiger partial charge in [0.25, 0.3) is 5.91 Å².